The molecule has 4 N–H and O–H groups in total. The number of aliphatic hydroxyl groups excluding tert-OH is 1. The Hall–Kier alpha value is -2.04. The first-order valence-corrected chi connectivity index (χ1v) is 6.65. The average Bonchev–Trinajstić information content (AvgIpc) is 2.44. The van der Waals surface area contributed by atoms with Crippen molar-refractivity contribution in [3.8, 4) is 0 Å². The quantitative estimate of drug-likeness (QED) is 0.430. The maximum Gasteiger partial charge on any atom is 0.0786 e. The second kappa shape index (κ2) is 6.93. The van der Waals surface area contributed by atoms with Crippen LogP contribution in [0.3, 0.4) is 0 Å². The Balaban J connectivity index is 1.75. The molecule has 106 valence electrons. The van der Waals surface area contributed by atoms with Crippen LogP contribution in [0.25, 0.3) is 0 Å². The Kier molecular flexibility index (Phi) is 4.98. The van der Waals surface area contributed by atoms with Gasteiger partial charge in [-0.2, -0.15) is 0 Å². The minimum atomic E-state index is -0.450. The highest BCUT2D eigenvalue weighted by atomic mass is 16.6. The summed E-state index contributed by atoms with van der Waals surface area (Å²) in [4.78, 5) is 5.41. The highest BCUT2D eigenvalue weighted by Gasteiger charge is 2.00. The summed E-state index contributed by atoms with van der Waals surface area (Å²) in [6, 6.07) is 15.3. The zero-order valence-electron chi connectivity index (χ0n) is 11.5. The second-order valence-electron chi connectivity index (χ2n) is 4.74. The fourth-order valence-corrected chi connectivity index (χ4v) is 1.88. The minimum absolute atomic E-state index is 0.450. The molecule has 0 aliphatic rings. The van der Waals surface area contributed by atoms with Gasteiger partial charge >= 0.3 is 0 Å². The molecule has 0 aliphatic carbocycles. The van der Waals surface area contributed by atoms with Gasteiger partial charge in [0.15, 0.2) is 0 Å². The van der Waals surface area contributed by atoms with Gasteiger partial charge in [-0.3, -0.25) is 10.3 Å². The van der Waals surface area contributed by atoms with Gasteiger partial charge in [-0.05, 0) is 48.7 Å². The zero-order chi connectivity index (χ0) is 14.4. The topological polar surface area (TPSA) is 67.5 Å². The second-order valence-corrected chi connectivity index (χ2v) is 4.74. The summed E-state index contributed by atoms with van der Waals surface area (Å²) in [5.74, 6) is 0. The molecule has 4 heteroatoms. The summed E-state index contributed by atoms with van der Waals surface area (Å²) in [5, 5.41) is 9.42. The standard InChI is InChI=1S/C16H20N2O2/c1-12(19)14-5-7-16(8-6-14)18-20-10-9-13-3-2-4-15(17)11-13/h2-8,11-12,18-19H,9-10,17H2,1H3. The lowest BCUT2D eigenvalue weighted by atomic mass is 10.1. The smallest absolute Gasteiger partial charge is 0.0786 e. The molecule has 0 bridgehead atoms. The molecular formula is C16H20N2O2. The molecule has 2 aromatic rings. The molecule has 20 heavy (non-hydrogen) atoms. The Morgan fingerprint density at radius 2 is 1.95 bits per heavy atom. The summed E-state index contributed by atoms with van der Waals surface area (Å²) in [6.07, 6.45) is 0.345. The fraction of sp³-hybridized carbons (Fsp3) is 0.250. The molecule has 0 heterocycles. The van der Waals surface area contributed by atoms with E-state index >= 15 is 0 Å². The van der Waals surface area contributed by atoms with Crippen LogP contribution in [0.1, 0.15) is 24.2 Å². The SMILES string of the molecule is CC(O)c1ccc(NOCCc2cccc(N)c2)cc1. The number of nitrogens with two attached hydrogens (primary N) is 1. The van der Waals surface area contributed by atoms with Gasteiger partial charge in [0.1, 0.15) is 0 Å². The number of rotatable bonds is 6. The first-order valence-electron chi connectivity index (χ1n) is 6.65. The summed E-state index contributed by atoms with van der Waals surface area (Å²) in [6.45, 7) is 2.30. The van der Waals surface area contributed by atoms with Gasteiger partial charge in [0.2, 0.25) is 0 Å². The van der Waals surface area contributed by atoms with E-state index in [9.17, 15) is 5.11 Å². The number of nitrogens with one attached hydrogen (secondary N) is 1. The zero-order valence-corrected chi connectivity index (χ0v) is 11.5. The predicted molar refractivity (Wildman–Crippen MR) is 81.2 cm³/mol. The molecule has 0 fully saturated rings. The van der Waals surface area contributed by atoms with Gasteiger partial charge in [-0.15, -0.1) is 0 Å². The molecule has 1 unspecified atom stereocenters. The number of hydrogen-bond acceptors (Lipinski definition) is 4. The molecule has 1 atom stereocenters. The van der Waals surface area contributed by atoms with E-state index in [1.807, 2.05) is 48.5 Å². The van der Waals surface area contributed by atoms with Crippen LogP contribution in [0, 0.1) is 0 Å². The van der Waals surface area contributed by atoms with E-state index in [4.69, 9.17) is 10.6 Å². The molecule has 2 aromatic carbocycles. The van der Waals surface area contributed by atoms with Crippen LogP contribution in [0.15, 0.2) is 48.5 Å². The average molecular weight is 272 g/mol. The van der Waals surface area contributed by atoms with E-state index in [0.29, 0.717) is 6.61 Å². The van der Waals surface area contributed by atoms with Gasteiger partial charge < -0.3 is 10.8 Å². The number of hydrogen-bond donors (Lipinski definition) is 3. The molecular weight excluding hydrogens is 252 g/mol. The van der Waals surface area contributed by atoms with Crippen LogP contribution in [-0.2, 0) is 11.3 Å². The highest BCUT2D eigenvalue weighted by Crippen LogP contribution is 2.15. The maximum atomic E-state index is 9.42. The number of anilines is 2. The minimum Gasteiger partial charge on any atom is -0.399 e. The third kappa shape index (κ3) is 4.26. The molecule has 0 saturated carbocycles. The van der Waals surface area contributed by atoms with Crippen LogP contribution >= 0.6 is 0 Å². The van der Waals surface area contributed by atoms with E-state index < -0.39 is 6.10 Å². The van der Waals surface area contributed by atoms with Gasteiger partial charge in [-0.25, -0.2) is 0 Å². The van der Waals surface area contributed by atoms with Crippen molar-refractivity contribution in [2.45, 2.75) is 19.4 Å². The van der Waals surface area contributed by atoms with Crippen molar-refractivity contribution in [3.05, 3.63) is 59.7 Å². The van der Waals surface area contributed by atoms with E-state index in [-0.39, 0.29) is 0 Å². The largest absolute Gasteiger partial charge is 0.399 e. The van der Waals surface area contributed by atoms with Crippen molar-refractivity contribution < 1.29 is 9.94 Å². The van der Waals surface area contributed by atoms with Crippen molar-refractivity contribution in [2.75, 3.05) is 17.8 Å². The molecule has 0 aromatic heterocycles. The predicted octanol–water partition coefficient (Wildman–Crippen LogP) is 2.91. The van der Waals surface area contributed by atoms with Crippen molar-refractivity contribution in [3.63, 3.8) is 0 Å². The third-order valence-electron chi connectivity index (χ3n) is 3.03. The lowest BCUT2D eigenvalue weighted by Crippen LogP contribution is -2.05. The van der Waals surface area contributed by atoms with Crippen LogP contribution < -0.4 is 11.2 Å². The Labute approximate surface area is 119 Å². The molecule has 0 spiro atoms. The van der Waals surface area contributed by atoms with E-state index in [1.165, 1.54) is 0 Å². The van der Waals surface area contributed by atoms with Gasteiger partial charge in [0.05, 0.1) is 18.4 Å². The molecule has 4 nitrogen and oxygen atoms in total. The lowest BCUT2D eigenvalue weighted by Gasteiger charge is -2.09. The lowest BCUT2D eigenvalue weighted by molar-refractivity contribution is 0.196. The number of benzene rings is 2. The molecule has 2 rings (SSSR count). The van der Waals surface area contributed by atoms with E-state index in [1.54, 1.807) is 6.92 Å². The molecule has 0 saturated heterocycles. The highest BCUT2D eigenvalue weighted by molar-refractivity contribution is 5.43. The Morgan fingerprint density at radius 1 is 1.20 bits per heavy atom. The number of nitrogen functional groups attached to an aromatic ring is 1. The van der Waals surface area contributed by atoms with Crippen molar-refractivity contribution in [2.24, 2.45) is 0 Å². The normalized spacial score (nSPS) is 12.1. The molecule has 0 radical (unpaired) electrons. The fourth-order valence-electron chi connectivity index (χ4n) is 1.88. The van der Waals surface area contributed by atoms with E-state index in [0.717, 1.165) is 28.9 Å². The van der Waals surface area contributed by atoms with E-state index in [2.05, 4.69) is 5.48 Å². The summed E-state index contributed by atoms with van der Waals surface area (Å²) < 4.78 is 0. The Bertz CT molecular complexity index is 538. The van der Waals surface area contributed by atoms with Crippen LogP contribution in [-0.4, -0.2) is 11.7 Å². The molecule has 0 amide bonds. The monoisotopic (exact) mass is 272 g/mol. The van der Waals surface area contributed by atoms with Crippen LogP contribution in [0.2, 0.25) is 0 Å². The molecule has 0 aliphatic heterocycles. The van der Waals surface area contributed by atoms with Crippen LogP contribution in [0.4, 0.5) is 11.4 Å². The summed E-state index contributed by atoms with van der Waals surface area (Å²) in [5.41, 5.74) is 12.3. The first kappa shape index (κ1) is 14.4. The van der Waals surface area contributed by atoms with Crippen molar-refractivity contribution >= 4 is 11.4 Å². The van der Waals surface area contributed by atoms with Gasteiger partial charge in [0.25, 0.3) is 0 Å². The summed E-state index contributed by atoms with van der Waals surface area (Å²) in [7, 11) is 0. The Morgan fingerprint density at radius 3 is 2.60 bits per heavy atom. The third-order valence-corrected chi connectivity index (χ3v) is 3.03. The summed E-state index contributed by atoms with van der Waals surface area (Å²) >= 11 is 0. The van der Waals surface area contributed by atoms with Crippen LogP contribution in [0.5, 0.6) is 0 Å². The first-order chi connectivity index (χ1) is 9.65. The van der Waals surface area contributed by atoms with Gasteiger partial charge in [0, 0.05) is 5.69 Å². The van der Waals surface area contributed by atoms with Crippen molar-refractivity contribution in [1.29, 1.82) is 0 Å². The van der Waals surface area contributed by atoms with Crippen molar-refractivity contribution in [1.82, 2.24) is 0 Å². The number of aliphatic hydroxyl groups is 1. The maximum absolute atomic E-state index is 9.42. The van der Waals surface area contributed by atoms with Gasteiger partial charge in [-0.1, -0.05) is 24.3 Å².